The summed E-state index contributed by atoms with van der Waals surface area (Å²) in [5.74, 6) is 1.53. The summed E-state index contributed by atoms with van der Waals surface area (Å²) in [4.78, 5) is 30.6. The molecule has 3 heterocycles. The zero-order valence-corrected chi connectivity index (χ0v) is 20.5. The van der Waals surface area contributed by atoms with Crippen molar-refractivity contribution in [3.8, 4) is 0 Å². The van der Waals surface area contributed by atoms with Crippen molar-refractivity contribution >= 4 is 40.1 Å². The molecule has 180 valence electrons. The average Bonchev–Trinajstić information content (AvgIpc) is 3.35. The van der Waals surface area contributed by atoms with E-state index in [1.807, 2.05) is 37.3 Å². The van der Waals surface area contributed by atoms with Crippen LogP contribution in [0.25, 0.3) is 11.0 Å². The number of ether oxygens (including phenoxy) is 1. The number of thiazole rings is 1. The molecular formula is C26H28N6O2S. The minimum Gasteiger partial charge on any atom is -0.450 e. The fourth-order valence-electron chi connectivity index (χ4n) is 4.10. The van der Waals surface area contributed by atoms with Crippen LogP contribution in [-0.4, -0.2) is 58.7 Å². The van der Waals surface area contributed by atoms with Crippen LogP contribution in [0.5, 0.6) is 0 Å². The van der Waals surface area contributed by atoms with Crippen LogP contribution in [0.3, 0.4) is 0 Å². The van der Waals surface area contributed by atoms with Gasteiger partial charge < -0.3 is 19.9 Å². The van der Waals surface area contributed by atoms with E-state index in [1.165, 1.54) is 5.56 Å². The van der Waals surface area contributed by atoms with Crippen molar-refractivity contribution in [2.24, 2.45) is 0 Å². The van der Waals surface area contributed by atoms with E-state index < -0.39 is 0 Å². The van der Waals surface area contributed by atoms with Gasteiger partial charge in [0, 0.05) is 38.0 Å². The molecule has 35 heavy (non-hydrogen) atoms. The second kappa shape index (κ2) is 10.7. The summed E-state index contributed by atoms with van der Waals surface area (Å²) in [6, 6.07) is 18.3. The maximum absolute atomic E-state index is 12.1. The van der Waals surface area contributed by atoms with Crippen LogP contribution in [0.1, 0.15) is 23.2 Å². The molecule has 2 aromatic heterocycles. The first-order valence-corrected chi connectivity index (χ1v) is 12.7. The highest BCUT2D eigenvalue weighted by molar-refractivity contribution is 7.09. The fourth-order valence-corrected chi connectivity index (χ4v) is 4.93. The van der Waals surface area contributed by atoms with Crippen LogP contribution >= 0.6 is 11.3 Å². The molecule has 0 bridgehead atoms. The second-order valence-corrected chi connectivity index (χ2v) is 9.25. The molecule has 0 unspecified atom stereocenters. The second-order valence-electron chi connectivity index (χ2n) is 8.31. The molecule has 0 radical (unpaired) electrons. The Bertz CT molecular complexity index is 1290. The van der Waals surface area contributed by atoms with Gasteiger partial charge in [-0.05, 0) is 24.6 Å². The number of anilines is 2. The number of hydrogen-bond donors (Lipinski definition) is 1. The monoisotopic (exact) mass is 488 g/mol. The van der Waals surface area contributed by atoms with E-state index in [0.717, 1.165) is 39.8 Å². The molecule has 0 atom stereocenters. The molecule has 9 heteroatoms. The average molecular weight is 489 g/mol. The SMILES string of the molecule is CCOC(=O)N1CCN(c2nc3ccccc3nc2NCc2csc(Cc3ccccc3)n2)CC1. The van der Waals surface area contributed by atoms with Crippen molar-refractivity contribution in [2.45, 2.75) is 19.9 Å². The Morgan fingerprint density at radius 2 is 1.69 bits per heavy atom. The number of nitrogens with zero attached hydrogens (tertiary/aromatic N) is 5. The van der Waals surface area contributed by atoms with Crippen LogP contribution in [0.2, 0.25) is 0 Å². The number of fused-ring (bicyclic) bond motifs is 1. The number of nitrogens with one attached hydrogen (secondary N) is 1. The Morgan fingerprint density at radius 3 is 2.43 bits per heavy atom. The van der Waals surface area contributed by atoms with Gasteiger partial charge in [0.25, 0.3) is 0 Å². The first-order chi connectivity index (χ1) is 17.2. The summed E-state index contributed by atoms with van der Waals surface area (Å²) < 4.78 is 5.15. The van der Waals surface area contributed by atoms with E-state index in [2.05, 4.69) is 39.9 Å². The third kappa shape index (κ3) is 5.51. The van der Waals surface area contributed by atoms with E-state index in [1.54, 1.807) is 16.2 Å². The van der Waals surface area contributed by atoms with Gasteiger partial charge in [0.2, 0.25) is 0 Å². The van der Waals surface area contributed by atoms with Crippen LogP contribution in [0.4, 0.5) is 16.4 Å². The third-order valence-electron chi connectivity index (χ3n) is 5.89. The Labute approximate surface area is 208 Å². The lowest BCUT2D eigenvalue weighted by Gasteiger charge is -2.35. The molecular weight excluding hydrogens is 460 g/mol. The van der Waals surface area contributed by atoms with Gasteiger partial charge in [-0.1, -0.05) is 42.5 Å². The topological polar surface area (TPSA) is 83.5 Å². The minimum atomic E-state index is -0.259. The largest absolute Gasteiger partial charge is 0.450 e. The molecule has 1 aliphatic heterocycles. The highest BCUT2D eigenvalue weighted by Crippen LogP contribution is 2.27. The zero-order valence-electron chi connectivity index (χ0n) is 19.7. The first kappa shape index (κ1) is 23.0. The van der Waals surface area contributed by atoms with Crippen LogP contribution < -0.4 is 10.2 Å². The molecule has 0 saturated carbocycles. The van der Waals surface area contributed by atoms with Crippen LogP contribution in [-0.2, 0) is 17.7 Å². The number of amides is 1. The lowest BCUT2D eigenvalue weighted by molar-refractivity contribution is 0.105. The first-order valence-electron chi connectivity index (χ1n) is 11.8. The van der Waals surface area contributed by atoms with Gasteiger partial charge in [0.05, 0.1) is 34.9 Å². The number of benzene rings is 2. The van der Waals surface area contributed by atoms with Crippen LogP contribution in [0, 0.1) is 0 Å². The van der Waals surface area contributed by atoms with Crippen LogP contribution in [0.15, 0.2) is 60.0 Å². The number of hydrogen-bond acceptors (Lipinski definition) is 8. The predicted molar refractivity (Wildman–Crippen MR) is 139 cm³/mol. The highest BCUT2D eigenvalue weighted by atomic mass is 32.1. The Morgan fingerprint density at radius 1 is 0.971 bits per heavy atom. The smallest absolute Gasteiger partial charge is 0.409 e. The maximum Gasteiger partial charge on any atom is 0.409 e. The normalized spacial score (nSPS) is 13.7. The molecule has 1 aliphatic rings. The number of para-hydroxylation sites is 2. The fraction of sp³-hybridized carbons (Fsp3) is 0.308. The van der Waals surface area contributed by atoms with Gasteiger partial charge in [-0.2, -0.15) is 0 Å². The molecule has 5 rings (SSSR count). The minimum absolute atomic E-state index is 0.259. The van der Waals surface area contributed by atoms with Gasteiger partial charge in [-0.15, -0.1) is 11.3 Å². The summed E-state index contributed by atoms with van der Waals surface area (Å²) >= 11 is 1.67. The van der Waals surface area contributed by atoms with Crippen molar-refractivity contribution in [1.29, 1.82) is 0 Å². The molecule has 0 spiro atoms. The van der Waals surface area contributed by atoms with Gasteiger partial charge in [-0.25, -0.2) is 19.7 Å². The Balaban J connectivity index is 1.31. The van der Waals surface area contributed by atoms with Gasteiger partial charge in [-0.3, -0.25) is 0 Å². The number of aromatic nitrogens is 3. The molecule has 1 saturated heterocycles. The van der Waals surface area contributed by atoms with Gasteiger partial charge in [0.15, 0.2) is 11.6 Å². The highest BCUT2D eigenvalue weighted by Gasteiger charge is 2.25. The van der Waals surface area contributed by atoms with E-state index >= 15 is 0 Å². The number of carbonyl (C=O) groups excluding carboxylic acids is 1. The summed E-state index contributed by atoms with van der Waals surface area (Å²) in [5.41, 5.74) is 3.92. The van der Waals surface area contributed by atoms with E-state index in [-0.39, 0.29) is 6.09 Å². The molecule has 1 N–H and O–H groups in total. The van der Waals surface area contributed by atoms with E-state index in [4.69, 9.17) is 19.7 Å². The molecule has 8 nitrogen and oxygen atoms in total. The number of carbonyl (C=O) groups is 1. The van der Waals surface area contributed by atoms with Gasteiger partial charge >= 0.3 is 6.09 Å². The van der Waals surface area contributed by atoms with Crippen molar-refractivity contribution in [1.82, 2.24) is 19.9 Å². The number of rotatable bonds is 7. The van der Waals surface area contributed by atoms with E-state index in [0.29, 0.717) is 39.3 Å². The summed E-state index contributed by atoms with van der Waals surface area (Å²) in [6.45, 7) is 5.27. The molecule has 0 aliphatic carbocycles. The summed E-state index contributed by atoms with van der Waals surface area (Å²) in [7, 11) is 0. The number of piperazine rings is 1. The Hall–Kier alpha value is -3.72. The summed E-state index contributed by atoms with van der Waals surface area (Å²) in [5, 5.41) is 6.66. The van der Waals surface area contributed by atoms with Crippen molar-refractivity contribution in [2.75, 3.05) is 43.0 Å². The lowest BCUT2D eigenvalue weighted by Crippen LogP contribution is -2.49. The molecule has 2 aromatic carbocycles. The summed E-state index contributed by atoms with van der Waals surface area (Å²) in [6.07, 6.45) is 0.571. The quantitative estimate of drug-likeness (QED) is 0.408. The molecule has 1 fully saturated rings. The van der Waals surface area contributed by atoms with Gasteiger partial charge in [0.1, 0.15) is 0 Å². The van der Waals surface area contributed by atoms with E-state index in [9.17, 15) is 4.79 Å². The zero-order chi connectivity index (χ0) is 24.0. The molecule has 1 amide bonds. The molecule has 4 aromatic rings. The van der Waals surface area contributed by atoms with Crippen molar-refractivity contribution in [3.63, 3.8) is 0 Å². The van der Waals surface area contributed by atoms with Crippen molar-refractivity contribution in [3.05, 3.63) is 76.2 Å². The maximum atomic E-state index is 12.1. The third-order valence-corrected chi connectivity index (χ3v) is 6.79. The standard InChI is InChI=1S/C26H28N6O2S/c1-2-34-26(33)32-14-12-31(13-15-32)25-24(29-21-10-6-7-11-22(21)30-25)27-17-20-18-35-23(28-20)16-19-8-4-3-5-9-19/h3-11,18H,2,12-17H2,1H3,(H,27,29). The lowest BCUT2D eigenvalue weighted by atomic mass is 10.2. The Kier molecular flexibility index (Phi) is 7.04. The predicted octanol–water partition coefficient (Wildman–Crippen LogP) is 4.57. The van der Waals surface area contributed by atoms with Crippen molar-refractivity contribution < 1.29 is 9.53 Å².